The number of hydrogen-bond donors (Lipinski definition) is 0. The molecule has 0 radical (unpaired) electrons. The third-order valence-corrected chi connectivity index (χ3v) is 4.75. The number of carbonyl (C=O) groups excluding carboxylic acids is 2. The van der Waals surface area contributed by atoms with E-state index in [0.717, 1.165) is 5.39 Å². The molecule has 1 aliphatic heterocycles. The van der Waals surface area contributed by atoms with E-state index in [4.69, 9.17) is 18.9 Å². The molecule has 0 unspecified atom stereocenters. The standard InChI is InChI=1S/C22H29NO6/c1-13(2)27-19(24)15-12-22(6,26-7)28-18-17(15)14-10-8-9-11-16(14)23(18)20(25)29-21(3,4)5/h8-11,13,15H,12H2,1-7H3/t15-,22-/m1/s1. The lowest BCUT2D eigenvalue weighted by molar-refractivity contribution is -0.179. The summed E-state index contributed by atoms with van der Waals surface area (Å²) in [6.07, 6.45) is -0.572. The second-order valence-electron chi connectivity index (χ2n) is 8.73. The summed E-state index contributed by atoms with van der Waals surface area (Å²) in [5.74, 6) is -1.86. The highest BCUT2D eigenvalue weighted by atomic mass is 16.7. The Balaban J connectivity index is 2.24. The van der Waals surface area contributed by atoms with E-state index in [1.165, 1.54) is 11.7 Å². The summed E-state index contributed by atoms with van der Waals surface area (Å²) >= 11 is 0. The fourth-order valence-electron chi connectivity index (χ4n) is 3.53. The highest BCUT2D eigenvalue weighted by molar-refractivity contribution is 5.99. The van der Waals surface area contributed by atoms with Gasteiger partial charge in [0, 0.05) is 31.4 Å². The van der Waals surface area contributed by atoms with E-state index in [2.05, 4.69) is 0 Å². The molecule has 0 saturated heterocycles. The number of nitrogens with zero attached hydrogens (tertiary/aromatic N) is 1. The molecule has 158 valence electrons. The van der Waals surface area contributed by atoms with E-state index in [-0.39, 0.29) is 24.4 Å². The van der Waals surface area contributed by atoms with Crippen molar-refractivity contribution in [2.75, 3.05) is 7.11 Å². The van der Waals surface area contributed by atoms with Crippen LogP contribution in [0.15, 0.2) is 24.3 Å². The molecule has 0 aliphatic carbocycles. The minimum absolute atomic E-state index is 0.252. The smallest absolute Gasteiger partial charge is 0.421 e. The zero-order chi connectivity index (χ0) is 21.6. The molecular weight excluding hydrogens is 374 g/mol. The van der Waals surface area contributed by atoms with E-state index >= 15 is 0 Å². The molecule has 7 nitrogen and oxygen atoms in total. The maximum absolute atomic E-state index is 13.1. The van der Waals surface area contributed by atoms with Gasteiger partial charge in [-0.3, -0.25) is 4.79 Å². The van der Waals surface area contributed by atoms with Crippen LogP contribution in [-0.4, -0.2) is 41.2 Å². The van der Waals surface area contributed by atoms with Crippen molar-refractivity contribution >= 4 is 23.0 Å². The second kappa shape index (κ2) is 7.37. The Hall–Kier alpha value is -2.54. The minimum Gasteiger partial charge on any atom is -0.462 e. The third-order valence-electron chi connectivity index (χ3n) is 4.75. The van der Waals surface area contributed by atoms with Crippen molar-refractivity contribution < 1.29 is 28.5 Å². The summed E-state index contributed by atoms with van der Waals surface area (Å²) in [5.41, 5.74) is 0.533. The van der Waals surface area contributed by atoms with Gasteiger partial charge in [0.2, 0.25) is 11.7 Å². The van der Waals surface area contributed by atoms with Gasteiger partial charge >= 0.3 is 12.1 Å². The van der Waals surface area contributed by atoms with Crippen molar-refractivity contribution in [3.05, 3.63) is 29.8 Å². The lowest BCUT2D eigenvalue weighted by atomic mass is 9.89. The quantitative estimate of drug-likeness (QED) is 0.697. The molecule has 1 aliphatic rings. The normalized spacial score (nSPS) is 21.6. The number of benzene rings is 1. The molecule has 2 aromatic rings. The zero-order valence-corrected chi connectivity index (χ0v) is 18.1. The first-order chi connectivity index (χ1) is 13.5. The van der Waals surface area contributed by atoms with Crippen LogP contribution in [-0.2, 0) is 19.0 Å². The zero-order valence-electron chi connectivity index (χ0n) is 18.1. The summed E-state index contributed by atoms with van der Waals surface area (Å²) in [4.78, 5) is 26.0. The average Bonchev–Trinajstić information content (AvgIpc) is 2.92. The summed E-state index contributed by atoms with van der Waals surface area (Å²) < 4.78 is 24.2. The maximum Gasteiger partial charge on any atom is 0.421 e. The molecule has 0 bridgehead atoms. The minimum atomic E-state index is -1.10. The van der Waals surface area contributed by atoms with Crippen molar-refractivity contribution in [3.63, 3.8) is 0 Å². The Morgan fingerprint density at radius 1 is 1.24 bits per heavy atom. The first-order valence-corrected chi connectivity index (χ1v) is 9.77. The number of esters is 1. The molecule has 7 heteroatoms. The van der Waals surface area contributed by atoms with Crippen LogP contribution in [0.3, 0.4) is 0 Å². The maximum atomic E-state index is 13.1. The molecule has 2 atom stereocenters. The van der Waals surface area contributed by atoms with Crippen LogP contribution >= 0.6 is 0 Å². The lowest BCUT2D eigenvalue weighted by Crippen LogP contribution is -2.43. The molecule has 0 N–H and O–H groups in total. The molecule has 0 saturated carbocycles. The lowest BCUT2D eigenvalue weighted by Gasteiger charge is -2.37. The fraction of sp³-hybridized carbons (Fsp3) is 0.545. The van der Waals surface area contributed by atoms with Gasteiger partial charge in [-0.05, 0) is 40.7 Å². The number of aromatic nitrogens is 1. The number of rotatable bonds is 3. The molecule has 0 amide bonds. The number of carbonyl (C=O) groups is 2. The molecular formula is C22H29NO6. The molecule has 3 rings (SSSR count). The predicted octanol–water partition coefficient (Wildman–Crippen LogP) is 4.60. The Bertz CT molecular complexity index is 939. The van der Waals surface area contributed by atoms with Crippen molar-refractivity contribution in [1.82, 2.24) is 4.57 Å². The van der Waals surface area contributed by atoms with Gasteiger partial charge in [-0.2, -0.15) is 0 Å². The van der Waals surface area contributed by atoms with Crippen molar-refractivity contribution in [3.8, 4) is 5.88 Å². The molecule has 0 spiro atoms. The van der Waals surface area contributed by atoms with Crippen molar-refractivity contribution in [2.24, 2.45) is 0 Å². The Morgan fingerprint density at radius 2 is 1.90 bits per heavy atom. The van der Waals surface area contributed by atoms with Gasteiger partial charge in [-0.15, -0.1) is 0 Å². The van der Waals surface area contributed by atoms with Crippen LogP contribution in [0.1, 0.15) is 59.4 Å². The van der Waals surface area contributed by atoms with E-state index in [0.29, 0.717) is 11.1 Å². The fourth-order valence-corrected chi connectivity index (χ4v) is 3.53. The monoisotopic (exact) mass is 403 g/mol. The van der Waals surface area contributed by atoms with Crippen LogP contribution in [0.25, 0.3) is 10.9 Å². The van der Waals surface area contributed by atoms with Gasteiger partial charge in [-0.1, -0.05) is 18.2 Å². The van der Waals surface area contributed by atoms with Gasteiger partial charge in [0.15, 0.2) is 0 Å². The van der Waals surface area contributed by atoms with Crippen molar-refractivity contribution in [2.45, 2.75) is 71.4 Å². The van der Waals surface area contributed by atoms with Crippen LogP contribution < -0.4 is 4.74 Å². The van der Waals surface area contributed by atoms with Crippen LogP contribution in [0.4, 0.5) is 4.79 Å². The number of ether oxygens (including phenoxy) is 4. The molecule has 0 fully saturated rings. The number of fused-ring (bicyclic) bond motifs is 3. The van der Waals surface area contributed by atoms with E-state index in [1.54, 1.807) is 47.6 Å². The third kappa shape index (κ3) is 4.10. The number of hydrogen-bond acceptors (Lipinski definition) is 6. The van der Waals surface area contributed by atoms with E-state index < -0.39 is 23.4 Å². The molecule has 29 heavy (non-hydrogen) atoms. The number of methoxy groups -OCH3 is 1. The van der Waals surface area contributed by atoms with Gasteiger partial charge in [-0.25, -0.2) is 9.36 Å². The average molecular weight is 403 g/mol. The Morgan fingerprint density at radius 3 is 2.48 bits per heavy atom. The number of para-hydroxylation sites is 1. The van der Waals surface area contributed by atoms with Gasteiger partial charge in [0.1, 0.15) is 5.60 Å². The van der Waals surface area contributed by atoms with Crippen LogP contribution in [0.5, 0.6) is 5.88 Å². The SMILES string of the molecule is CO[C@@]1(C)C[C@@H](C(=O)OC(C)C)c2c(n(C(=O)OC(C)(C)C)c3ccccc23)O1. The van der Waals surface area contributed by atoms with E-state index in [9.17, 15) is 9.59 Å². The Labute approximate surface area is 170 Å². The molecule has 1 aromatic heterocycles. The first-order valence-electron chi connectivity index (χ1n) is 9.77. The van der Waals surface area contributed by atoms with Gasteiger partial charge < -0.3 is 18.9 Å². The highest BCUT2D eigenvalue weighted by Gasteiger charge is 2.46. The predicted molar refractivity (Wildman–Crippen MR) is 108 cm³/mol. The summed E-state index contributed by atoms with van der Waals surface area (Å²) in [6, 6.07) is 7.35. The van der Waals surface area contributed by atoms with Gasteiger partial charge in [0.25, 0.3) is 0 Å². The summed E-state index contributed by atoms with van der Waals surface area (Å²) in [6.45, 7) is 10.7. The summed E-state index contributed by atoms with van der Waals surface area (Å²) in [5, 5.41) is 0.747. The Kier molecular flexibility index (Phi) is 5.38. The van der Waals surface area contributed by atoms with E-state index in [1.807, 2.05) is 18.2 Å². The second-order valence-corrected chi connectivity index (χ2v) is 8.73. The van der Waals surface area contributed by atoms with Crippen molar-refractivity contribution in [1.29, 1.82) is 0 Å². The summed E-state index contributed by atoms with van der Waals surface area (Å²) in [7, 11) is 1.51. The first kappa shape index (κ1) is 21.2. The topological polar surface area (TPSA) is 76.0 Å². The molecule has 1 aromatic carbocycles. The highest BCUT2D eigenvalue weighted by Crippen LogP contribution is 2.47. The molecule has 2 heterocycles. The van der Waals surface area contributed by atoms with Crippen LogP contribution in [0.2, 0.25) is 0 Å². The largest absolute Gasteiger partial charge is 0.462 e. The van der Waals surface area contributed by atoms with Gasteiger partial charge in [0.05, 0.1) is 17.5 Å². The van der Waals surface area contributed by atoms with Crippen LogP contribution in [0, 0.1) is 0 Å².